The molecule has 0 bridgehead atoms. The molecule has 1 heterocycles. The van der Waals surface area contributed by atoms with Crippen LogP contribution in [0.2, 0.25) is 0 Å². The SMILES string of the molecule is CN=C(NCCCCC(=O)OC)Nc1ccc2c(c1)OCCCO2. The molecule has 7 nitrogen and oxygen atoms in total. The number of nitrogens with one attached hydrogen (secondary N) is 2. The average Bonchev–Trinajstić information content (AvgIpc) is 2.85. The number of aliphatic imine (C=N–C) groups is 1. The first kappa shape index (κ1) is 17.9. The van der Waals surface area contributed by atoms with Crippen molar-refractivity contribution in [1.82, 2.24) is 5.32 Å². The minimum atomic E-state index is -0.176. The highest BCUT2D eigenvalue weighted by atomic mass is 16.5. The van der Waals surface area contributed by atoms with Gasteiger partial charge in [-0.3, -0.25) is 9.79 Å². The van der Waals surface area contributed by atoms with Gasteiger partial charge in [0.1, 0.15) is 0 Å². The second kappa shape index (κ2) is 9.64. The fourth-order valence-corrected chi connectivity index (χ4v) is 2.26. The number of ether oxygens (including phenoxy) is 3. The molecule has 132 valence electrons. The fraction of sp³-hybridized carbons (Fsp3) is 0.529. The minimum absolute atomic E-state index is 0.176. The normalized spacial score (nSPS) is 13.8. The van der Waals surface area contributed by atoms with Gasteiger partial charge < -0.3 is 24.8 Å². The van der Waals surface area contributed by atoms with Crippen LogP contribution in [0.3, 0.4) is 0 Å². The highest BCUT2D eigenvalue weighted by Gasteiger charge is 2.11. The first-order valence-electron chi connectivity index (χ1n) is 8.17. The number of carbonyl (C=O) groups excluding carboxylic acids is 1. The van der Waals surface area contributed by atoms with Gasteiger partial charge in [-0.25, -0.2) is 0 Å². The number of hydrogen-bond acceptors (Lipinski definition) is 5. The lowest BCUT2D eigenvalue weighted by molar-refractivity contribution is -0.140. The summed E-state index contributed by atoms with van der Waals surface area (Å²) in [7, 11) is 3.12. The zero-order chi connectivity index (χ0) is 17.2. The molecule has 2 rings (SSSR count). The molecule has 7 heteroatoms. The highest BCUT2D eigenvalue weighted by Crippen LogP contribution is 2.32. The number of nitrogens with zero attached hydrogens (tertiary/aromatic N) is 1. The number of methoxy groups -OCH3 is 1. The fourth-order valence-electron chi connectivity index (χ4n) is 2.26. The topological polar surface area (TPSA) is 81.2 Å². The van der Waals surface area contributed by atoms with Crippen molar-refractivity contribution in [3.63, 3.8) is 0 Å². The van der Waals surface area contributed by atoms with E-state index in [9.17, 15) is 4.79 Å². The second-order valence-corrected chi connectivity index (χ2v) is 5.37. The molecule has 0 aromatic heterocycles. The molecule has 0 saturated carbocycles. The third kappa shape index (κ3) is 5.64. The Hall–Kier alpha value is -2.44. The lowest BCUT2D eigenvalue weighted by Gasteiger charge is -2.14. The molecular formula is C17H25N3O4. The molecule has 0 aliphatic carbocycles. The largest absolute Gasteiger partial charge is 0.490 e. The van der Waals surface area contributed by atoms with Crippen LogP contribution in [-0.4, -0.2) is 45.8 Å². The van der Waals surface area contributed by atoms with Gasteiger partial charge >= 0.3 is 5.97 Å². The van der Waals surface area contributed by atoms with Gasteiger partial charge in [0, 0.05) is 38.2 Å². The van der Waals surface area contributed by atoms with E-state index in [1.807, 2.05) is 18.2 Å². The molecule has 0 atom stereocenters. The van der Waals surface area contributed by atoms with Crippen molar-refractivity contribution in [1.29, 1.82) is 0 Å². The number of carbonyl (C=O) groups is 1. The van der Waals surface area contributed by atoms with Crippen molar-refractivity contribution >= 4 is 17.6 Å². The predicted molar refractivity (Wildman–Crippen MR) is 92.9 cm³/mol. The quantitative estimate of drug-likeness (QED) is 0.359. The van der Waals surface area contributed by atoms with Gasteiger partial charge in [-0.2, -0.15) is 0 Å². The second-order valence-electron chi connectivity index (χ2n) is 5.37. The summed E-state index contributed by atoms with van der Waals surface area (Å²) in [6.45, 7) is 2.05. The molecule has 0 fully saturated rings. The van der Waals surface area contributed by atoms with Crippen molar-refractivity contribution in [3.8, 4) is 11.5 Å². The molecule has 2 N–H and O–H groups in total. The minimum Gasteiger partial charge on any atom is -0.490 e. The van der Waals surface area contributed by atoms with E-state index in [0.717, 1.165) is 43.0 Å². The Labute approximate surface area is 142 Å². The summed E-state index contributed by atoms with van der Waals surface area (Å²) in [6, 6.07) is 5.73. The third-order valence-corrected chi connectivity index (χ3v) is 3.56. The Morgan fingerprint density at radius 1 is 1.25 bits per heavy atom. The van der Waals surface area contributed by atoms with Crippen LogP contribution in [0.4, 0.5) is 5.69 Å². The van der Waals surface area contributed by atoms with Gasteiger partial charge in [-0.05, 0) is 25.0 Å². The van der Waals surface area contributed by atoms with Crippen molar-refractivity contribution in [2.24, 2.45) is 4.99 Å². The summed E-state index contributed by atoms with van der Waals surface area (Å²) in [6.07, 6.45) is 2.95. The Balaban J connectivity index is 1.80. The zero-order valence-electron chi connectivity index (χ0n) is 14.3. The molecule has 0 amide bonds. The first-order chi connectivity index (χ1) is 11.7. The van der Waals surface area contributed by atoms with E-state index in [4.69, 9.17) is 9.47 Å². The van der Waals surface area contributed by atoms with Gasteiger partial charge in [0.25, 0.3) is 0 Å². The molecule has 1 aliphatic rings. The first-order valence-corrected chi connectivity index (χ1v) is 8.17. The highest BCUT2D eigenvalue weighted by molar-refractivity contribution is 5.93. The maximum Gasteiger partial charge on any atom is 0.305 e. The maximum atomic E-state index is 11.0. The third-order valence-electron chi connectivity index (χ3n) is 3.56. The molecule has 0 spiro atoms. The lowest BCUT2D eigenvalue weighted by atomic mass is 10.2. The number of esters is 1. The zero-order valence-corrected chi connectivity index (χ0v) is 14.3. The molecule has 1 aromatic carbocycles. The Kier molecular flexibility index (Phi) is 7.20. The molecule has 0 saturated heterocycles. The van der Waals surface area contributed by atoms with Crippen molar-refractivity contribution in [2.45, 2.75) is 25.7 Å². The molecular weight excluding hydrogens is 310 g/mol. The summed E-state index contributed by atoms with van der Waals surface area (Å²) in [4.78, 5) is 15.2. The van der Waals surface area contributed by atoms with E-state index in [1.165, 1.54) is 7.11 Å². The van der Waals surface area contributed by atoms with Crippen LogP contribution >= 0.6 is 0 Å². The van der Waals surface area contributed by atoms with Crippen molar-refractivity contribution in [2.75, 3.05) is 39.2 Å². The van der Waals surface area contributed by atoms with E-state index < -0.39 is 0 Å². The Morgan fingerprint density at radius 3 is 2.79 bits per heavy atom. The number of fused-ring (bicyclic) bond motifs is 1. The number of guanidine groups is 1. The van der Waals surface area contributed by atoms with Crippen LogP contribution in [0.1, 0.15) is 25.7 Å². The van der Waals surface area contributed by atoms with Crippen LogP contribution in [0.25, 0.3) is 0 Å². The van der Waals surface area contributed by atoms with Crippen molar-refractivity contribution < 1.29 is 19.0 Å². The Bertz CT molecular complexity index is 575. The summed E-state index contributed by atoms with van der Waals surface area (Å²) in [5.74, 6) is 2.00. The maximum absolute atomic E-state index is 11.0. The molecule has 0 radical (unpaired) electrons. The lowest BCUT2D eigenvalue weighted by Crippen LogP contribution is -2.31. The molecule has 1 aromatic rings. The Morgan fingerprint density at radius 2 is 2.04 bits per heavy atom. The van der Waals surface area contributed by atoms with Gasteiger partial charge in [0.15, 0.2) is 17.5 Å². The summed E-state index contributed by atoms with van der Waals surface area (Å²) >= 11 is 0. The monoisotopic (exact) mass is 335 g/mol. The van der Waals surface area contributed by atoms with E-state index in [1.54, 1.807) is 7.05 Å². The van der Waals surface area contributed by atoms with Crippen molar-refractivity contribution in [3.05, 3.63) is 18.2 Å². The molecule has 1 aliphatic heterocycles. The van der Waals surface area contributed by atoms with E-state index >= 15 is 0 Å². The number of unbranched alkanes of at least 4 members (excludes halogenated alkanes) is 1. The van der Waals surface area contributed by atoms with Gasteiger partial charge in [-0.1, -0.05) is 0 Å². The predicted octanol–water partition coefficient (Wildman–Crippen LogP) is 2.18. The smallest absolute Gasteiger partial charge is 0.305 e. The summed E-state index contributed by atoms with van der Waals surface area (Å²) in [5.41, 5.74) is 0.877. The standard InChI is InChI=1S/C17H25N3O4/c1-18-17(19-9-4-3-6-16(21)22-2)20-13-7-8-14-15(12-13)24-11-5-10-23-14/h7-8,12H,3-6,9-11H2,1-2H3,(H2,18,19,20). The van der Waals surface area contributed by atoms with E-state index in [0.29, 0.717) is 25.6 Å². The van der Waals surface area contributed by atoms with Crippen LogP contribution < -0.4 is 20.1 Å². The number of anilines is 1. The van der Waals surface area contributed by atoms with Gasteiger partial charge in [-0.15, -0.1) is 0 Å². The van der Waals surface area contributed by atoms with Gasteiger partial charge in [0.2, 0.25) is 0 Å². The molecule has 0 unspecified atom stereocenters. The van der Waals surface area contributed by atoms with Crippen LogP contribution in [-0.2, 0) is 9.53 Å². The number of benzene rings is 1. The number of rotatable bonds is 6. The average molecular weight is 335 g/mol. The summed E-state index contributed by atoms with van der Waals surface area (Å²) in [5, 5.41) is 6.44. The number of hydrogen-bond donors (Lipinski definition) is 2. The van der Waals surface area contributed by atoms with Crippen LogP contribution in [0, 0.1) is 0 Å². The summed E-state index contributed by atoms with van der Waals surface area (Å²) < 4.78 is 15.9. The van der Waals surface area contributed by atoms with E-state index in [-0.39, 0.29) is 5.97 Å². The van der Waals surface area contributed by atoms with Crippen LogP contribution in [0.5, 0.6) is 11.5 Å². The van der Waals surface area contributed by atoms with Crippen LogP contribution in [0.15, 0.2) is 23.2 Å². The van der Waals surface area contributed by atoms with E-state index in [2.05, 4.69) is 20.4 Å². The molecule has 24 heavy (non-hydrogen) atoms. The van der Waals surface area contributed by atoms with Gasteiger partial charge in [0.05, 0.1) is 20.3 Å².